The lowest BCUT2D eigenvalue weighted by molar-refractivity contribution is -0.225. The lowest BCUT2D eigenvalue weighted by Crippen LogP contribution is -2.62. The van der Waals surface area contributed by atoms with Crippen LogP contribution in [-0.2, 0) is 19.1 Å². The van der Waals surface area contributed by atoms with E-state index in [1.807, 2.05) is 6.92 Å². The zero-order valence-electron chi connectivity index (χ0n) is 11.2. The third-order valence-electron chi connectivity index (χ3n) is 3.42. The number of aliphatic hydroxyl groups is 1. The van der Waals surface area contributed by atoms with E-state index in [2.05, 4.69) is 5.43 Å². The van der Waals surface area contributed by atoms with Gasteiger partial charge in [-0.3, -0.25) is 10.2 Å². The highest BCUT2D eigenvalue weighted by atomic mass is 16.6. The van der Waals surface area contributed by atoms with Crippen molar-refractivity contribution in [2.45, 2.75) is 57.6 Å². The van der Waals surface area contributed by atoms with Crippen LogP contribution in [0.3, 0.4) is 0 Å². The van der Waals surface area contributed by atoms with Crippen molar-refractivity contribution in [1.29, 1.82) is 0 Å². The van der Waals surface area contributed by atoms with Crippen LogP contribution in [-0.4, -0.2) is 53.1 Å². The van der Waals surface area contributed by atoms with E-state index in [1.54, 1.807) is 6.92 Å². The Hall–Kier alpha value is -1.18. The minimum Gasteiger partial charge on any atom is -0.463 e. The molecule has 2 fully saturated rings. The van der Waals surface area contributed by atoms with E-state index >= 15 is 0 Å². The fourth-order valence-corrected chi connectivity index (χ4v) is 2.30. The average molecular weight is 272 g/mol. The summed E-state index contributed by atoms with van der Waals surface area (Å²) < 4.78 is 10.6. The smallest absolute Gasteiger partial charge is 0.352 e. The number of carbonyl (C=O) groups is 2. The standard InChI is InChI=1S/C12H20N2O5/c1-3-4-5-18-12(17)11-14-8(6-9(15)13-14)10(16)7(2)19-11/h7-8,10-11,16H,3-6H2,1-2H3,(H,13,15)/t7-,8+,10-,11-/m0/s1. The summed E-state index contributed by atoms with van der Waals surface area (Å²) >= 11 is 0. The average Bonchev–Trinajstić information content (AvgIpc) is 2.76. The molecule has 0 radical (unpaired) electrons. The zero-order valence-corrected chi connectivity index (χ0v) is 11.2. The minimum atomic E-state index is -0.980. The number of aliphatic hydroxyl groups excluding tert-OH is 1. The Morgan fingerprint density at radius 1 is 1.63 bits per heavy atom. The number of nitrogens with one attached hydrogen (secondary N) is 1. The first-order valence-corrected chi connectivity index (χ1v) is 6.62. The van der Waals surface area contributed by atoms with Gasteiger partial charge in [-0.15, -0.1) is 0 Å². The van der Waals surface area contributed by atoms with Crippen LogP contribution in [0.25, 0.3) is 0 Å². The fraction of sp³-hybridized carbons (Fsp3) is 0.833. The second-order valence-electron chi connectivity index (χ2n) is 4.92. The Morgan fingerprint density at radius 3 is 3.05 bits per heavy atom. The topological polar surface area (TPSA) is 88.1 Å². The van der Waals surface area contributed by atoms with E-state index in [1.165, 1.54) is 5.01 Å². The lowest BCUT2D eigenvalue weighted by Gasteiger charge is -2.41. The van der Waals surface area contributed by atoms with Gasteiger partial charge in [0.1, 0.15) is 0 Å². The fourth-order valence-electron chi connectivity index (χ4n) is 2.30. The van der Waals surface area contributed by atoms with Gasteiger partial charge in [-0.1, -0.05) is 13.3 Å². The number of hydrogen-bond acceptors (Lipinski definition) is 6. The van der Waals surface area contributed by atoms with Crippen molar-refractivity contribution >= 4 is 11.9 Å². The molecule has 2 aliphatic heterocycles. The highest BCUT2D eigenvalue weighted by Gasteiger charge is 2.50. The number of carbonyl (C=O) groups excluding carboxylic acids is 2. The molecule has 2 rings (SSSR count). The first kappa shape index (κ1) is 14.2. The Labute approximate surface area is 111 Å². The Morgan fingerprint density at radius 2 is 2.37 bits per heavy atom. The van der Waals surface area contributed by atoms with Gasteiger partial charge in [0.25, 0.3) is 0 Å². The van der Waals surface area contributed by atoms with E-state index in [0.717, 1.165) is 12.8 Å². The van der Waals surface area contributed by atoms with Gasteiger partial charge in [0.2, 0.25) is 12.1 Å². The lowest BCUT2D eigenvalue weighted by atomic mass is 10.0. The third-order valence-corrected chi connectivity index (χ3v) is 3.42. The van der Waals surface area contributed by atoms with Crippen LogP contribution < -0.4 is 5.43 Å². The molecular formula is C12H20N2O5. The van der Waals surface area contributed by atoms with Gasteiger partial charge < -0.3 is 14.6 Å². The molecule has 7 heteroatoms. The molecule has 0 saturated carbocycles. The van der Waals surface area contributed by atoms with Crippen LogP contribution in [0.1, 0.15) is 33.1 Å². The molecule has 1 amide bonds. The Balaban J connectivity index is 2.03. The predicted octanol–water partition coefficient (Wildman–Crippen LogP) is -0.459. The number of fused-ring (bicyclic) bond motifs is 1. The summed E-state index contributed by atoms with van der Waals surface area (Å²) in [5.41, 5.74) is 2.54. The number of ether oxygens (including phenoxy) is 2. The highest BCUT2D eigenvalue weighted by Crippen LogP contribution is 2.27. The molecule has 4 atom stereocenters. The van der Waals surface area contributed by atoms with E-state index in [4.69, 9.17) is 9.47 Å². The van der Waals surface area contributed by atoms with E-state index < -0.39 is 30.4 Å². The second-order valence-corrected chi connectivity index (χ2v) is 4.92. The van der Waals surface area contributed by atoms with Gasteiger partial charge in [0, 0.05) is 6.42 Å². The van der Waals surface area contributed by atoms with Crippen LogP contribution in [0.15, 0.2) is 0 Å². The van der Waals surface area contributed by atoms with Crippen LogP contribution >= 0.6 is 0 Å². The van der Waals surface area contributed by atoms with Crippen molar-refractivity contribution in [3.05, 3.63) is 0 Å². The number of nitrogens with zero attached hydrogens (tertiary/aromatic N) is 1. The molecule has 0 aromatic rings. The summed E-state index contributed by atoms with van der Waals surface area (Å²) in [6.45, 7) is 4.01. The Bertz CT molecular complexity index is 362. The van der Waals surface area contributed by atoms with Gasteiger partial charge in [0.15, 0.2) is 0 Å². The monoisotopic (exact) mass is 272 g/mol. The summed E-state index contributed by atoms with van der Waals surface area (Å²) in [7, 11) is 0. The van der Waals surface area contributed by atoms with Crippen molar-refractivity contribution in [2.75, 3.05) is 6.61 Å². The molecule has 0 aliphatic carbocycles. The number of hydrazine groups is 1. The first-order chi connectivity index (χ1) is 9.04. The maximum absolute atomic E-state index is 12.0. The van der Waals surface area contributed by atoms with Gasteiger partial charge in [-0.2, -0.15) is 5.01 Å². The molecule has 7 nitrogen and oxygen atoms in total. The number of esters is 1. The molecule has 2 saturated heterocycles. The van der Waals surface area contributed by atoms with E-state index in [9.17, 15) is 14.7 Å². The number of hydrogen-bond donors (Lipinski definition) is 2. The molecule has 0 spiro atoms. The van der Waals surface area contributed by atoms with Crippen LogP contribution in [0.4, 0.5) is 0 Å². The van der Waals surface area contributed by atoms with Crippen molar-refractivity contribution in [3.63, 3.8) is 0 Å². The molecule has 2 N–H and O–H groups in total. The first-order valence-electron chi connectivity index (χ1n) is 6.62. The minimum absolute atomic E-state index is 0.160. The predicted molar refractivity (Wildman–Crippen MR) is 64.6 cm³/mol. The van der Waals surface area contributed by atoms with Gasteiger partial charge >= 0.3 is 5.97 Å². The molecular weight excluding hydrogens is 252 g/mol. The molecule has 0 bridgehead atoms. The summed E-state index contributed by atoms with van der Waals surface area (Å²) in [5.74, 6) is -0.757. The number of amides is 1. The second kappa shape index (κ2) is 5.85. The van der Waals surface area contributed by atoms with Crippen LogP contribution in [0.2, 0.25) is 0 Å². The van der Waals surface area contributed by atoms with E-state index in [0.29, 0.717) is 6.61 Å². The summed E-state index contributed by atoms with van der Waals surface area (Å²) in [4.78, 5) is 23.4. The molecule has 0 aromatic carbocycles. The SMILES string of the molecule is CCCCOC(=O)[C@@H]1O[C@@H](C)[C@H](O)[C@H]2CC(=O)NN21. The molecule has 108 valence electrons. The van der Waals surface area contributed by atoms with Crippen molar-refractivity contribution in [3.8, 4) is 0 Å². The number of unbranched alkanes of at least 4 members (excludes halogenated alkanes) is 1. The zero-order chi connectivity index (χ0) is 14.0. The molecule has 0 aromatic heterocycles. The Kier molecular flexibility index (Phi) is 4.38. The van der Waals surface area contributed by atoms with Gasteiger partial charge in [-0.25, -0.2) is 4.79 Å². The highest BCUT2D eigenvalue weighted by molar-refractivity contribution is 5.81. The molecule has 2 heterocycles. The quantitative estimate of drug-likeness (QED) is 0.532. The molecule has 2 aliphatic rings. The van der Waals surface area contributed by atoms with Gasteiger partial charge in [0.05, 0.1) is 24.9 Å². The molecule has 0 unspecified atom stereocenters. The summed E-state index contributed by atoms with van der Waals surface area (Å²) in [5, 5.41) is 11.3. The maximum Gasteiger partial charge on any atom is 0.352 e. The van der Waals surface area contributed by atoms with Crippen molar-refractivity contribution in [2.24, 2.45) is 0 Å². The van der Waals surface area contributed by atoms with Crippen LogP contribution in [0.5, 0.6) is 0 Å². The van der Waals surface area contributed by atoms with Crippen molar-refractivity contribution in [1.82, 2.24) is 10.4 Å². The number of rotatable bonds is 4. The van der Waals surface area contributed by atoms with Crippen molar-refractivity contribution < 1.29 is 24.2 Å². The van der Waals surface area contributed by atoms with Gasteiger partial charge in [-0.05, 0) is 13.3 Å². The summed E-state index contributed by atoms with van der Waals surface area (Å²) in [6.07, 6.45) is -0.431. The normalized spacial score (nSPS) is 34.8. The molecule has 19 heavy (non-hydrogen) atoms. The summed E-state index contributed by atoms with van der Waals surface area (Å²) in [6, 6.07) is -0.444. The maximum atomic E-state index is 12.0. The largest absolute Gasteiger partial charge is 0.463 e. The van der Waals surface area contributed by atoms with Crippen LogP contribution in [0, 0.1) is 0 Å². The third kappa shape index (κ3) is 2.88. The van der Waals surface area contributed by atoms with E-state index in [-0.39, 0.29) is 12.3 Å².